The van der Waals surface area contributed by atoms with Crippen LogP contribution in [0, 0.1) is 0 Å². The summed E-state index contributed by atoms with van der Waals surface area (Å²) in [7, 11) is 3.18. The van der Waals surface area contributed by atoms with Gasteiger partial charge in [-0.2, -0.15) is 0 Å². The van der Waals surface area contributed by atoms with Crippen LogP contribution >= 0.6 is 0 Å². The number of aromatic nitrogens is 1. The Morgan fingerprint density at radius 2 is 1.62 bits per heavy atom. The van der Waals surface area contributed by atoms with E-state index in [2.05, 4.69) is 15.6 Å². The predicted molar refractivity (Wildman–Crippen MR) is 101 cm³/mol. The van der Waals surface area contributed by atoms with E-state index in [1.165, 1.54) is 0 Å². The molecule has 2 N–H and O–H groups in total. The number of benzene rings is 2. The molecule has 1 heterocycles. The smallest absolute Gasteiger partial charge is 0.255 e. The molecule has 0 aliphatic rings. The van der Waals surface area contributed by atoms with E-state index >= 15 is 0 Å². The van der Waals surface area contributed by atoms with Crippen molar-refractivity contribution in [2.24, 2.45) is 0 Å². The van der Waals surface area contributed by atoms with Gasteiger partial charge in [0.1, 0.15) is 5.82 Å². The maximum atomic E-state index is 12.1. The third-order valence-corrected chi connectivity index (χ3v) is 3.71. The fourth-order valence-electron chi connectivity index (χ4n) is 2.40. The monoisotopic (exact) mass is 349 g/mol. The standard InChI is InChI=1S/C20H19N3O3/c1-25-17-10-8-15(12-18(17)26-2)22-19-11-9-16(13-21-19)23-20(24)14-6-4-3-5-7-14/h3-13H,1-2H3,(H,21,22)(H,23,24). The molecule has 3 rings (SSSR count). The average molecular weight is 349 g/mol. The fraction of sp³-hybridized carbons (Fsp3) is 0.100. The Morgan fingerprint density at radius 1 is 0.885 bits per heavy atom. The van der Waals surface area contributed by atoms with E-state index in [0.717, 1.165) is 5.69 Å². The second-order valence-electron chi connectivity index (χ2n) is 5.45. The zero-order chi connectivity index (χ0) is 18.4. The van der Waals surface area contributed by atoms with Crippen LogP contribution < -0.4 is 20.1 Å². The van der Waals surface area contributed by atoms with E-state index in [1.807, 2.05) is 36.4 Å². The lowest BCUT2D eigenvalue weighted by Gasteiger charge is -2.11. The number of amides is 1. The van der Waals surface area contributed by atoms with E-state index in [9.17, 15) is 4.79 Å². The molecule has 6 heteroatoms. The Bertz CT molecular complexity index is 881. The summed E-state index contributed by atoms with van der Waals surface area (Å²) < 4.78 is 10.5. The van der Waals surface area contributed by atoms with Crippen LogP contribution in [0.3, 0.4) is 0 Å². The highest BCUT2D eigenvalue weighted by Gasteiger charge is 2.07. The van der Waals surface area contributed by atoms with Gasteiger partial charge < -0.3 is 20.1 Å². The molecular weight excluding hydrogens is 330 g/mol. The summed E-state index contributed by atoms with van der Waals surface area (Å²) in [5, 5.41) is 6.00. The van der Waals surface area contributed by atoms with Gasteiger partial charge in [0.05, 0.1) is 26.1 Å². The van der Waals surface area contributed by atoms with Crippen LogP contribution in [-0.4, -0.2) is 25.1 Å². The van der Waals surface area contributed by atoms with Crippen LogP contribution in [0.2, 0.25) is 0 Å². The molecular formula is C20H19N3O3. The molecule has 0 bridgehead atoms. The molecule has 0 spiro atoms. The number of methoxy groups -OCH3 is 2. The van der Waals surface area contributed by atoms with Gasteiger partial charge in [0.15, 0.2) is 11.5 Å². The van der Waals surface area contributed by atoms with Crippen LogP contribution in [0.25, 0.3) is 0 Å². The molecule has 132 valence electrons. The highest BCUT2D eigenvalue weighted by Crippen LogP contribution is 2.30. The Labute approximate surface area is 151 Å². The summed E-state index contributed by atoms with van der Waals surface area (Å²) in [5.74, 6) is 1.76. The van der Waals surface area contributed by atoms with Crippen molar-refractivity contribution in [2.75, 3.05) is 24.9 Å². The van der Waals surface area contributed by atoms with Gasteiger partial charge in [0.2, 0.25) is 0 Å². The molecule has 0 aliphatic carbocycles. The zero-order valence-electron chi connectivity index (χ0n) is 14.5. The van der Waals surface area contributed by atoms with Crippen LogP contribution in [0.4, 0.5) is 17.2 Å². The van der Waals surface area contributed by atoms with Crippen molar-refractivity contribution in [2.45, 2.75) is 0 Å². The minimum Gasteiger partial charge on any atom is -0.493 e. The number of carbonyl (C=O) groups is 1. The molecule has 0 atom stereocenters. The van der Waals surface area contributed by atoms with E-state index in [4.69, 9.17) is 9.47 Å². The summed E-state index contributed by atoms with van der Waals surface area (Å²) in [6.07, 6.45) is 1.60. The van der Waals surface area contributed by atoms with Gasteiger partial charge in [-0.05, 0) is 36.4 Å². The number of carbonyl (C=O) groups excluding carboxylic acids is 1. The quantitative estimate of drug-likeness (QED) is 0.701. The average Bonchev–Trinajstić information content (AvgIpc) is 2.70. The van der Waals surface area contributed by atoms with Crippen LogP contribution in [0.15, 0.2) is 66.9 Å². The summed E-state index contributed by atoms with van der Waals surface area (Å²) in [6.45, 7) is 0. The summed E-state index contributed by atoms with van der Waals surface area (Å²) >= 11 is 0. The number of hydrogen-bond acceptors (Lipinski definition) is 5. The first-order valence-corrected chi connectivity index (χ1v) is 8.01. The summed E-state index contributed by atoms with van der Waals surface area (Å²) in [6, 6.07) is 18.1. The van der Waals surface area contributed by atoms with Gasteiger partial charge in [-0.15, -0.1) is 0 Å². The molecule has 0 saturated carbocycles. The molecule has 26 heavy (non-hydrogen) atoms. The molecule has 6 nitrogen and oxygen atoms in total. The van der Waals surface area contributed by atoms with Crippen molar-refractivity contribution in [3.8, 4) is 11.5 Å². The van der Waals surface area contributed by atoms with E-state index in [0.29, 0.717) is 28.6 Å². The van der Waals surface area contributed by atoms with Crippen LogP contribution in [0.1, 0.15) is 10.4 Å². The van der Waals surface area contributed by atoms with Gasteiger partial charge in [-0.25, -0.2) is 4.98 Å². The van der Waals surface area contributed by atoms with Crippen molar-refractivity contribution in [1.82, 2.24) is 4.98 Å². The number of hydrogen-bond donors (Lipinski definition) is 2. The fourth-order valence-corrected chi connectivity index (χ4v) is 2.40. The lowest BCUT2D eigenvalue weighted by Crippen LogP contribution is -2.11. The highest BCUT2D eigenvalue weighted by atomic mass is 16.5. The molecule has 0 unspecified atom stereocenters. The Morgan fingerprint density at radius 3 is 2.27 bits per heavy atom. The third kappa shape index (κ3) is 4.10. The van der Waals surface area contributed by atoms with E-state index in [1.54, 1.807) is 44.7 Å². The molecule has 0 saturated heterocycles. The second-order valence-corrected chi connectivity index (χ2v) is 5.45. The minimum absolute atomic E-state index is 0.173. The summed E-state index contributed by atoms with van der Waals surface area (Å²) in [4.78, 5) is 16.5. The molecule has 0 radical (unpaired) electrons. The molecule has 1 aromatic heterocycles. The van der Waals surface area contributed by atoms with Crippen molar-refractivity contribution in [1.29, 1.82) is 0 Å². The van der Waals surface area contributed by atoms with Crippen molar-refractivity contribution in [3.05, 3.63) is 72.4 Å². The zero-order valence-corrected chi connectivity index (χ0v) is 14.5. The molecule has 0 fully saturated rings. The van der Waals surface area contributed by atoms with Gasteiger partial charge in [-0.1, -0.05) is 18.2 Å². The van der Waals surface area contributed by atoms with Gasteiger partial charge in [0, 0.05) is 17.3 Å². The first kappa shape index (κ1) is 17.3. The van der Waals surface area contributed by atoms with Crippen LogP contribution in [-0.2, 0) is 0 Å². The maximum Gasteiger partial charge on any atom is 0.255 e. The predicted octanol–water partition coefficient (Wildman–Crippen LogP) is 4.09. The molecule has 1 amide bonds. The number of nitrogens with zero attached hydrogens (tertiary/aromatic N) is 1. The Balaban J connectivity index is 1.67. The lowest BCUT2D eigenvalue weighted by molar-refractivity contribution is 0.102. The lowest BCUT2D eigenvalue weighted by atomic mass is 10.2. The SMILES string of the molecule is COc1ccc(Nc2ccc(NC(=O)c3ccccc3)cn2)cc1OC. The first-order chi connectivity index (χ1) is 12.7. The van der Waals surface area contributed by atoms with E-state index < -0.39 is 0 Å². The number of pyridine rings is 1. The van der Waals surface area contributed by atoms with E-state index in [-0.39, 0.29) is 5.91 Å². The topological polar surface area (TPSA) is 72.5 Å². The highest BCUT2D eigenvalue weighted by molar-refractivity contribution is 6.04. The Hall–Kier alpha value is -3.54. The summed E-state index contributed by atoms with van der Waals surface area (Å²) in [5.41, 5.74) is 2.04. The minimum atomic E-state index is -0.173. The van der Waals surface area contributed by atoms with Crippen molar-refractivity contribution in [3.63, 3.8) is 0 Å². The first-order valence-electron chi connectivity index (χ1n) is 8.01. The number of rotatable bonds is 6. The largest absolute Gasteiger partial charge is 0.493 e. The van der Waals surface area contributed by atoms with Crippen molar-refractivity contribution >= 4 is 23.1 Å². The normalized spacial score (nSPS) is 10.1. The number of ether oxygens (including phenoxy) is 2. The number of nitrogens with one attached hydrogen (secondary N) is 2. The van der Waals surface area contributed by atoms with Crippen molar-refractivity contribution < 1.29 is 14.3 Å². The second kappa shape index (κ2) is 8.02. The molecule has 0 aliphatic heterocycles. The van der Waals surface area contributed by atoms with Gasteiger partial charge in [0.25, 0.3) is 5.91 Å². The third-order valence-electron chi connectivity index (χ3n) is 3.71. The van der Waals surface area contributed by atoms with Gasteiger partial charge in [-0.3, -0.25) is 4.79 Å². The number of anilines is 3. The maximum absolute atomic E-state index is 12.1. The van der Waals surface area contributed by atoms with Crippen LogP contribution in [0.5, 0.6) is 11.5 Å². The molecule has 2 aromatic carbocycles. The molecule has 3 aromatic rings. The Kier molecular flexibility index (Phi) is 5.34. The van der Waals surface area contributed by atoms with Gasteiger partial charge >= 0.3 is 0 Å².